The van der Waals surface area contributed by atoms with Gasteiger partial charge in [0.05, 0.1) is 26.0 Å². The van der Waals surface area contributed by atoms with Gasteiger partial charge in [0.2, 0.25) is 0 Å². The van der Waals surface area contributed by atoms with E-state index in [-0.39, 0.29) is 11.3 Å². The van der Waals surface area contributed by atoms with Gasteiger partial charge in [-0.3, -0.25) is 4.21 Å². The molecule has 0 bridgehead atoms. The van der Waals surface area contributed by atoms with E-state index in [2.05, 4.69) is 19.1 Å². The topological polar surface area (TPSA) is 43.1 Å². The van der Waals surface area contributed by atoms with Crippen molar-refractivity contribution in [3.8, 4) is 0 Å². The normalized spacial score (nSPS) is 15.4. The molecule has 0 spiro atoms. The van der Waals surface area contributed by atoms with E-state index in [1.54, 1.807) is 12.1 Å². The van der Waals surface area contributed by atoms with Gasteiger partial charge in [-0.05, 0) is 36.6 Å². The number of aryl methyl sites for hydroxylation is 1. The SMILES string of the molecule is CCc1ccc(C(N)C(C)S(=O)c2ccccc2Cl)cc1. The van der Waals surface area contributed by atoms with Crippen molar-refractivity contribution in [1.82, 2.24) is 0 Å². The molecule has 21 heavy (non-hydrogen) atoms. The van der Waals surface area contributed by atoms with Crippen LogP contribution in [0.2, 0.25) is 5.02 Å². The van der Waals surface area contributed by atoms with Crippen molar-refractivity contribution in [3.63, 3.8) is 0 Å². The van der Waals surface area contributed by atoms with Gasteiger partial charge in [0.15, 0.2) is 0 Å². The molecule has 0 heterocycles. The zero-order valence-electron chi connectivity index (χ0n) is 12.3. The zero-order chi connectivity index (χ0) is 15.4. The van der Waals surface area contributed by atoms with E-state index in [0.717, 1.165) is 12.0 Å². The molecule has 3 unspecified atom stereocenters. The minimum Gasteiger partial charge on any atom is -0.323 e. The summed E-state index contributed by atoms with van der Waals surface area (Å²) in [7, 11) is -1.23. The summed E-state index contributed by atoms with van der Waals surface area (Å²) in [6.45, 7) is 4.02. The molecule has 0 aliphatic heterocycles. The Morgan fingerprint density at radius 3 is 2.33 bits per heavy atom. The fourth-order valence-electron chi connectivity index (χ4n) is 2.19. The molecule has 0 saturated heterocycles. The standard InChI is InChI=1S/C17H20ClNOS/c1-3-13-8-10-14(11-9-13)17(19)12(2)21(20)16-7-5-4-6-15(16)18/h4-12,17H,3,19H2,1-2H3. The highest BCUT2D eigenvalue weighted by Gasteiger charge is 2.23. The summed E-state index contributed by atoms with van der Waals surface area (Å²) in [6.07, 6.45) is 0.997. The number of halogens is 1. The lowest BCUT2D eigenvalue weighted by molar-refractivity contribution is 0.643. The van der Waals surface area contributed by atoms with Gasteiger partial charge in [0.1, 0.15) is 0 Å². The fourth-order valence-corrected chi connectivity index (χ4v) is 3.85. The number of rotatable bonds is 5. The molecule has 0 aliphatic rings. The molecule has 0 aromatic heterocycles. The summed E-state index contributed by atoms with van der Waals surface area (Å²) >= 11 is 6.12. The van der Waals surface area contributed by atoms with Gasteiger partial charge in [0, 0.05) is 6.04 Å². The second-order valence-electron chi connectivity index (χ2n) is 5.05. The van der Waals surface area contributed by atoms with Gasteiger partial charge in [-0.15, -0.1) is 0 Å². The van der Waals surface area contributed by atoms with Gasteiger partial charge in [0.25, 0.3) is 0 Å². The fraction of sp³-hybridized carbons (Fsp3) is 0.294. The monoisotopic (exact) mass is 321 g/mol. The van der Waals surface area contributed by atoms with Crippen LogP contribution < -0.4 is 5.73 Å². The number of benzene rings is 2. The van der Waals surface area contributed by atoms with Gasteiger partial charge in [-0.2, -0.15) is 0 Å². The largest absolute Gasteiger partial charge is 0.323 e. The van der Waals surface area contributed by atoms with Gasteiger partial charge >= 0.3 is 0 Å². The Kier molecular flexibility index (Phi) is 5.57. The summed E-state index contributed by atoms with van der Waals surface area (Å²) in [5.41, 5.74) is 8.55. The average Bonchev–Trinajstić information content (AvgIpc) is 2.53. The van der Waals surface area contributed by atoms with Crippen molar-refractivity contribution in [3.05, 3.63) is 64.7 Å². The Morgan fingerprint density at radius 1 is 1.14 bits per heavy atom. The third kappa shape index (κ3) is 3.73. The minimum absolute atomic E-state index is 0.211. The maximum atomic E-state index is 12.7. The summed E-state index contributed by atoms with van der Waals surface area (Å²) in [5.74, 6) is 0. The lowest BCUT2D eigenvalue weighted by atomic mass is 10.0. The maximum absolute atomic E-state index is 12.7. The number of nitrogens with two attached hydrogens (primary N) is 1. The van der Waals surface area contributed by atoms with Crippen molar-refractivity contribution in [1.29, 1.82) is 0 Å². The number of hydrogen-bond acceptors (Lipinski definition) is 2. The van der Waals surface area contributed by atoms with Crippen LogP contribution in [-0.2, 0) is 17.2 Å². The van der Waals surface area contributed by atoms with E-state index in [1.807, 2.05) is 31.2 Å². The van der Waals surface area contributed by atoms with Crippen LogP contribution in [0.3, 0.4) is 0 Å². The Labute approximate surface area is 133 Å². The van der Waals surface area contributed by atoms with Crippen LogP contribution in [0, 0.1) is 0 Å². The highest BCUT2D eigenvalue weighted by Crippen LogP contribution is 2.26. The molecule has 2 rings (SSSR count). The van der Waals surface area contributed by atoms with Crippen LogP contribution in [0.15, 0.2) is 53.4 Å². The Morgan fingerprint density at radius 2 is 1.76 bits per heavy atom. The average molecular weight is 322 g/mol. The molecular formula is C17H20ClNOS. The Hall–Kier alpha value is -1.16. The third-order valence-electron chi connectivity index (χ3n) is 3.67. The maximum Gasteiger partial charge on any atom is 0.0592 e. The molecule has 2 N–H and O–H groups in total. The van der Waals surface area contributed by atoms with Gasteiger partial charge < -0.3 is 5.73 Å². The lowest BCUT2D eigenvalue weighted by Crippen LogP contribution is -2.27. The van der Waals surface area contributed by atoms with Crippen molar-refractivity contribution in [2.45, 2.75) is 36.5 Å². The molecule has 3 atom stereocenters. The van der Waals surface area contributed by atoms with Crippen LogP contribution in [0.1, 0.15) is 31.0 Å². The van der Waals surface area contributed by atoms with Crippen LogP contribution in [0.4, 0.5) is 0 Å². The number of hydrogen-bond donors (Lipinski definition) is 1. The third-order valence-corrected chi connectivity index (χ3v) is 5.87. The van der Waals surface area contributed by atoms with Crippen molar-refractivity contribution < 1.29 is 4.21 Å². The Balaban J connectivity index is 2.20. The summed E-state index contributed by atoms with van der Waals surface area (Å²) in [5, 5.41) is 0.314. The molecule has 0 amide bonds. The second-order valence-corrected chi connectivity index (χ2v) is 7.24. The molecule has 4 heteroatoms. The van der Waals surface area contributed by atoms with E-state index < -0.39 is 10.8 Å². The van der Waals surface area contributed by atoms with Crippen LogP contribution in [0.5, 0.6) is 0 Å². The van der Waals surface area contributed by atoms with E-state index >= 15 is 0 Å². The predicted octanol–water partition coefficient (Wildman–Crippen LogP) is 4.10. The van der Waals surface area contributed by atoms with E-state index in [4.69, 9.17) is 17.3 Å². The van der Waals surface area contributed by atoms with Crippen molar-refractivity contribution in [2.24, 2.45) is 5.73 Å². The molecule has 2 aromatic rings. The first-order valence-electron chi connectivity index (χ1n) is 7.04. The minimum atomic E-state index is -1.23. The van der Waals surface area contributed by atoms with Crippen molar-refractivity contribution >= 4 is 22.4 Å². The summed E-state index contributed by atoms with van der Waals surface area (Å²) < 4.78 is 12.7. The zero-order valence-corrected chi connectivity index (χ0v) is 13.8. The van der Waals surface area contributed by atoms with Crippen molar-refractivity contribution in [2.75, 3.05) is 0 Å². The Bertz CT molecular complexity index is 627. The highest BCUT2D eigenvalue weighted by atomic mass is 35.5. The van der Waals surface area contributed by atoms with Crippen LogP contribution in [0.25, 0.3) is 0 Å². The molecule has 0 radical (unpaired) electrons. The lowest BCUT2D eigenvalue weighted by Gasteiger charge is -2.20. The van der Waals surface area contributed by atoms with Crippen LogP contribution >= 0.6 is 11.6 Å². The second kappa shape index (κ2) is 7.21. The van der Waals surface area contributed by atoms with E-state index in [1.165, 1.54) is 5.56 Å². The summed E-state index contributed by atoms with van der Waals surface area (Å²) in [4.78, 5) is 0.646. The smallest absolute Gasteiger partial charge is 0.0592 e. The van der Waals surface area contributed by atoms with Gasteiger partial charge in [-0.25, -0.2) is 0 Å². The molecule has 0 fully saturated rings. The quantitative estimate of drug-likeness (QED) is 0.901. The highest BCUT2D eigenvalue weighted by molar-refractivity contribution is 7.85. The van der Waals surface area contributed by atoms with E-state index in [0.29, 0.717) is 9.92 Å². The van der Waals surface area contributed by atoms with Crippen LogP contribution in [-0.4, -0.2) is 9.46 Å². The van der Waals surface area contributed by atoms with E-state index in [9.17, 15) is 4.21 Å². The molecular weight excluding hydrogens is 302 g/mol. The molecule has 112 valence electrons. The summed E-state index contributed by atoms with van der Waals surface area (Å²) in [6, 6.07) is 15.1. The molecule has 2 aromatic carbocycles. The molecule has 0 aliphatic carbocycles. The first-order chi connectivity index (χ1) is 10.0. The molecule has 0 saturated carbocycles. The molecule has 2 nitrogen and oxygen atoms in total. The first kappa shape index (κ1) is 16.2. The van der Waals surface area contributed by atoms with Gasteiger partial charge in [-0.1, -0.05) is 54.9 Å². The predicted molar refractivity (Wildman–Crippen MR) is 90.1 cm³/mol. The first-order valence-corrected chi connectivity index (χ1v) is 8.63.